The van der Waals surface area contributed by atoms with Gasteiger partial charge in [0.2, 0.25) is 10.9 Å². The highest BCUT2D eigenvalue weighted by molar-refractivity contribution is 6.06. The molecule has 9 heteroatoms. The van der Waals surface area contributed by atoms with Gasteiger partial charge >= 0.3 is 0 Å². The predicted octanol–water partition coefficient (Wildman–Crippen LogP) is -0.161. The molecule has 9 nitrogen and oxygen atoms in total. The Morgan fingerprint density at radius 1 is 1.25 bits per heavy atom. The van der Waals surface area contributed by atoms with Crippen molar-refractivity contribution in [2.75, 3.05) is 26.7 Å². The first-order chi connectivity index (χ1) is 13.4. The Kier molecular flexibility index (Phi) is 5.27. The first-order valence-electron chi connectivity index (χ1n) is 8.71. The number of aromatic hydroxyl groups is 1. The summed E-state index contributed by atoms with van der Waals surface area (Å²) in [6, 6.07) is 3.51. The van der Waals surface area contributed by atoms with E-state index in [1.165, 1.54) is 12.1 Å². The number of phenols is 1. The number of fused-ring (bicyclic) bond motifs is 2. The summed E-state index contributed by atoms with van der Waals surface area (Å²) in [5.74, 6) is -0.867. The smallest absolute Gasteiger partial charge is 0.253 e. The van der Waals surface area contributed by atoms with Gasteiger partial charge < -0.3 is 25.4 Å². The molecule has 1 aromatic heterocycles. The van der Waals surface area contributed by atoms with Gasteiger partial charge in [-0.25, -0.2) is 4.98 Å². The first kappa shape index (κ1) is 19.3. The van der Waals surface area contributed by atoms with Crippen LogP contribution < -0.4 is 21.4 Å². The number of nitrogens with one attached hydrogen (secondary N) is 2. The molecule has 0 saturated carbocycles. The lowest BCUT2D eigenvalue weighted by atomic mass is 10.1. The van der Waals surface area contributed by atoms with Crippen molar-refractivity contribution in [2.24, 2.45) is 0 Å². The molecule has 0 saturated heterocycles. The zero-order valence-electron chi connectivity index (χ0n) is 15.4. The van der Waals surface area contributed by atoms with Crippen LogP contribution in [0.2, 0.25) is 0 Å². The number of benzene rings is 2. The number of hydrogen-bond acceptors (Lipinski definition) is 7. The molecular weight excluding hydrogens is 364 g/mol. The first-order valence-corrected chi connectivity index (χ1v) is 8.71. The second-order valence-electron chi connectivity index (χ2n) is 6.38. The number of hydrogen-bond donors (Lipinski definition) is 4. The maximum Gasteiger partial charge on any atom is 0.253 e. The molecule has 0 atom stereocenters. The van der Waals surface area contributed by atoms with Gasteiger partial charge in [0.25, 0.3) is 5.91 Å². The number of aromatic nitrogens is 2. The number of likely N-dealkylation sites (N-methyl/N-ethyl adjacent to an activating group) is 1. The highest BCUT2D eigenvalue weighted by Crippen LogP contribution is 2.15. The van der Waals surface area contributed by atoms with Crippen LogP contribution >= 0.6 is 0 Å². The maximum absolute atomic E-state index is 12.6. The number of aromatic amines is 1. The van der Waals surface area contributed by atoms with Gasteiger partial charge in [-0.15, -0.1) is 0 Å². The Labute approximate surface area is 158 Å². The molecule has 0 aliphatic heterocycles. The molecule has 1 heterocycles. The van der Waals surface area contributed by atoms with Crippen LogP contribution in [0.5, 0.6) is 5.75 Å². The van der Waals surface area contributed by atoms with Crippen LogP contribution in [-0.4, -0.2) is 57.7 Å². The van der Waals surface area contributed by atoms with Gasteiger partial charge in [-0.3, -0.25) is 14.4 Å². The molecule has 28 heavy (non-hydrogen) atoms. The molecule has 3 aromatic rings. The van der Waals surface area contributed by atoms with Crippen molar-refractivity contribution in [3.63, 3.8) is 0 Å². The highest BCUT2D eigenvalue weighted by Gasteiger charge is 2.16. The predicted molar refractivity (Wildman–Crippen MR) is 106 cm³/mol. The third-order valence-electron chi connectivity index (χ3n) is 4.59. The number of phenolic OH excluding ortho intramolecular Hbond substituents is 1. The van der Waals surface area contributed by atoms with Gasteiger partial charge in [0.05, 0.1) is 22.6 Å². The van der Waals surface area contributed by atoms with Gasteiger partial charge in [-0.1, -0.05) is 6.92 Å². The number of H-pyrrole nitrogens is 1. The SMILES string of the molecule is CCN(C)CCNC(=O)c1ccc(=O)c2nc3c(=CO)c(O)cc(=O)c3[nH]c12. The van der Waals surface area contributed by atoms with Crippen LogP contribution in [0.3, 0.4) is 0 Å². The Morgan fingerprint density at radius 2 is 2.00 bits per heavy atom. The van der Waals surface area contributed by atoms with E-state index in [0.29, 0.717) is 19.4 Å². The average molecular weight is 384 g/mol. The van der Waals surface area contributed by atoms with Crippen molar-refractivity contribution in [3.05, 3.63) is 49.4 Å². The zero-order valence-corrected chi connectivity index (χ0v) is 15.4. The quantitative estimate of drug-likeness (QED) is 0.449. The van der Waals surface area contributed by atoms with Crippen LogP contribution in [-0.2, 0) is 0 Å². The summed E-state index contributed by atoms with van der Waals surface area (Å²) in [4.78, 5) is 46.1. The van der Waals surface area contributed by atoms with E-state index in [1.54, 1.807) is 0 Å². The fourth-order valence-corrected chi connectivity index (χ4v) is 2.86. The largest absolute Gasteiger partial charge is 0.515 e. The molecule has 0 spiro atoms. The Hall–Kier alpha value is -3.46. The number of carbonyl (C=O) groups is 1. The Balaban J connectivity index is 2.18. The Morgan fingerprint density at radius 3 is 2.68 bits per heavy atom. The van der Waals surface area contributed by atoms with Crippen molar-refractivity contribution in [2.45, 2.75) is 6.92 Å². The van der Waals surface area contributed by atoms with Gasteiger partial charge in [0, 0.05) is 19.2 Å². The van der Waals surface area contributed by atoms with E-state index in [4.69, 9.17) is 0 Å². The highest BCUT2D eigenvalue weighted by atomic mass is 16.3. The third kappa shape index (κ3) is 3.39. The molecule has 0 bridgehead atoms. The van der Waals surface area contributed by atoms with Crippen molar-refractivity contribution >= 4 is 34.2 Å². The molecule has 3 rings (SSSR count). The van der Waals surface area contributed by atoms with E-state index in [-0.39, 0.29) is 32.8 Å². The molecular formula is C19H20N4O5. The number of nitrogens with zero attached hydrogens (tertiary/aromatic N) is 2. The summed E-state index contributed by atoms with van der Waals surface area (Å²) >= 11 is 0. The van der Waals surface area contributed by atoms with Crippen LogP contribution in [0.4, 0.5) is 0 Å². The minimum atomic E-state index is -0.584. The van der Waals surface area contributed by atoms with Crippen LogP contribution in [0, 0.1) is 0 Å². The molecule has 2 aromatic carbocycles. The summed E-state index contributed by atoms with van der Waals surface area (Å²) in [7, 11) is 1.93. The average Bonchev–Trinajstić information content (AvgIpc) is 2.67. The molecule has 4 N–H and O–H groups in total. The lowest BCUT2D eigenvalue weighted by molar-refractivity contribution is 0.0951. The second kappa shape index (κ2) is 7.65. The van der Waals surface area contributed by atoms with Crippen molar-refractivity contribution in [3.8, 4) is 5.75 Å². The monoisotopic (exact) mass is 384 g/mol. The molecule has 0 radical (unpaired) electrons. The topological polar surface area (TPSA) is 136 Å². The summed E-state index contributed by atoms with van der Waals surface area (Å²) in [6.45, 7) is 3.92. The van der Waals surface area contributed by atoms with Gasteiger partial charge in [0.15, 0.2) is 0 Å². The van der Waals surface area contributed by atoms with E-state index in [2.05, 4.69) is 15.3 Å². The van der Waals surface area contributed by atoms with Crippen molar-refractivity contribution in [1.29, 1.82) is 0 Å². The lowest BCUT2D eigenvalue weighted by Crippen LogP contribution is -2.33. The minimum Gasteiger partial charge on any atom is -0.515 e. The summed E-state index contributed by atoms with van der Waals surface area (Å²) in [5.41, 5.74) is -0.915. The summed E-state index contributed by atoms with van der Waals surface area (Å²) in [5, 5.41) is 21.9. The fraction of sp³-hybridized carbons (Fsp3) is 0.263. The van der Waals surface area contributed by atoms with E-state index >= 15 is 0 Å². The number of aliphatic hydroxyl groups excluding tert-OH is 1. The molecule has 0 fully saturated rings. The summed E-state index contributed by atoms with van der Waals surface area (Å²) < 4.78 is 0. The zero-order chi connectivity index (χ0) is 20.4. The number of carbonyl (C=O) groups excluding carboxylic acids is 1. The lowest BCUT2D eigenvalue weighted by Gasteiger charge is -2.14. The van der Waals surface area contributed by atoms with Crippen LogP contribution in [0.15, 0.2) is 27.8 Å². The molecule has 0 unspecified atom stereocenters. The molecule has 1 amide bonds. The van der Waals surface area contributed by atoms with E-state index in [0.717, 1.165) is 12.6 Å². The number of aliphatic hydroxyl groups is 1. The van der Waals surface area contributed by atoms with E-state index < -0.39 is 22.5 Å². The number of rotatable bonds is 5. The second-order valence-corrected chi connectivity index (χ2v) is 6.38. The van der Waals surface area contributed by atoms with E-state index in [1.807, 2.05) is 18.9 Å². The Bertz CT molecular complexity index is 1240. The van der Waals surface area contributed by atoms with Crippen LogP contribution in [0.25, 0.3) is 28.3 Å². The standard InChI is InChI=1S/C19H20N4O5/c1-3-23(2)7-6-20-19(28)10-4-5-12(25)17-15(10)21-18-14(27)8-13(26)11(9-24)16(18)22-17/h4-5,8-9,21,24,26H,3,6-7H2,1-2H3,(H,20,28). The van der Waals surface area contributed by atoms with Gasteiger partial charge in [0.1, 0.15) is 22.3 Å². The van der Waals surface area contributed by atoms with Crippen molar-refractivity contribution in [1.82, 2.24) is 20.2 Å². The normalized spacial score (nSPS) is 12.2. The van der Waals surface area contributed by atoms with Crippen LogP contribution in [0.1, 0.15) is 17.3 Å². The number of amides is 1. The fourth-order valence-electron chi connectivity index (χ4n) is 2.86. The van der Waals surface area contributed by atoms with Gasteiger partial charge in [-0.05, 0) is 25.7 Å². The molecule has 0 aliphatic carbocycles. The van der Waals surface area contributed by atoms with E-state index in [9.17, 15) is 24.6 Å². The van der Waals surface area contributed by atoms with Crippen molar-refractivity contribution < 1.29 is 15.0 Å². The van der Waals surface area contributed by atoms with Gasteiger partial charge in [-0.2, -0.15) is 0 Å². The summed E-state index contributed by atoms with van der Waals surface area (Å²) in [6.07, 6.45) is 0.606. The maximum atomic E-state index is 12.6. The minimum absolute atomic E-state index is 0.0315. The third-order valence-corrected chi connectivity index (χ3v) is 4.59. The molecule has 146 valence electrons. The molecule has 0 aliphatic rings.